The third-order valence-corrected chi connectivity index (χ3v) is 5.84. The number of aromatic nitrogens is 6. The number of amides is 1. The van der Waals surface area contributed by atoms with Crippen molar-refractivity contribution < 1.29 is 14.3 Å². The molecule has 11 nitrogen and oxygen atoms in total. The number of rotatable bonds is 5. The van der Waals surface area contributed by atoms with Gasteiger partial charge < -0.3 is 19.3 Å². The van der Waals surface area contributed by atoms with Gasteiger partial charge in [-0.1, -0.05) is 6.08 Å². The SMILES string of the molecule is CC(C)OC(=O)N1CCC(Oc2cc(N3C=CC4=CC(n5cnnn5)=CCC43)ncn2)CC1. The fourth-order valence-corrected chi connectivity index (χ4v) is 4.21. The number of hydrogen-bond acceptors (Lipinski definition) is 9. The zero-order valence-corrected chi connectivity index (χ0v) is 18.6. The van der Waals surface area contributed by atoms with Gasteiger partial charge in [0.1, 0.15) is 24.6 Å². The smallest absolute Gasteiger partial charge is 0.410 e. The first-order valence-electron chi connectivity index (χ1n) is 11.1. The van der Waals surface area contributed by atoms with Crippen molar-refractivity contribution in [2.75, 3.05) is 18.0 Å². The Balaban J connectivity index is 1.20. The highest BCUT2D eigenvalue weighted by Crippen LogP contribution is 2.34. The van der Waals surface area contributed by atoms with Crippen molar-refractivity contribution in [1.29, 1.82) is 0 Å². The highest BCUT2D eigenvalue weighted by Gasteiger charge is 2.29. The van der Waals surface area contributed by atoms with E-state index in [0.717, 1.165) is 30.8 Å². The van der Waals surface area contributed by atoms with Gasteiger partial charge in [0.05, 0.1) is 17.8 Å². The summed E-state index contributed by atoms with van der Waals surface area (Å²) in [6, 6.07) is 2.02. The van der Waals surface area contributed by atoms with Gasteiger partial charge in [0.25, 0.3) is 0 Å². The van der Waals surface area contributed by atoms with Crippen molar-refractivity contribution in [3.05, 3.63) is 48.7 Å². The molecule has 0 aromatic carbocycles. The molecule has 4 heterocycles. The molecule has 1 saturated heterocycles. The van der Waals surface area contributed by atoms with Gasteiger partial charge in [0, 0.05) is 38.2 Å². The fraction of sp³-hybridized carbons (Fsp3) is 0.455. The first-order chi connectivity index (χ1) is 16.1. The maximum Gasteiger partial charge on any atom is 0.410 e. The Morgan fingerprint density at radius 1 is 1.21 bits per heavy atom. The number of likely N-dealkylation sites (tertiary alicyclic amines) is 1. The first-order valence-corrected chi connectivity index (χ1v) is 11.1. The Labute approximate surface area is 191 Å². The van der Waals surface area contributed by atoms with E-state index in [0.29, 0.717) is 19.0 Å². The third-order valence-electron chi connectivity index (χ3n) is 5.84. The lowest BCUT2D eigenvalue weighted by molar-refractivity contribution is 0.0507. The Hall–Kier alpha value is -3.76. The van der Waals surface area contributed by atoms with Crippen LogP contribution in [0.1, 0.15) is 33.1 Å². The van der Waals surface area contributed by atoms with Crippen LogP contribution in [-0.2, 0) is 4.74 Å². The Morgan fingerprint density at radius 3 is 2.82 bits per heavy atom. The summed E-state index contributed by atoms with van der Waals surface area (Å²) in [4.78, 5) is 24.7. The van der Waals surface area contributed by atoms with Crippen molar-refractivity contribution in [3.63, 3.8) is 0 Å². The minimum absolute atomic E-state index is 0.00288. The molecule has 2 aliphatic heterocycles. The molecule has 2 aromatic rings. The van der Waals surface area contributed by atoms with Crippen LogP contribution in [-0.4, -0.2) is 72.5 Å². The van der Waals surface area contributed by atoms with E-state index in [1.807, 2.05) is 26.1 Å². The molecule has 3 aliphatic rings. The van der Waals surface area contributed by atoms with E-state index in [2.05, 4.69) is 48.6 Å². The lowest BCUT2D eigenvalue weighted by Gasteiger charge is -2.32. The van der Waals surface area contributed by atoms with Gasteiger partial charge in [0.15, 0.2) is 0 Å². The molecule has 11 heteroatoms. The Bertz CT molecular complexity index is 1090. The van der Waals surface area contributed by atoms with Crippen LogP contribution in [0.3, 0.4) is 0 Å². The molecule has 0 spiro atoms. The molecule has 0 bridgehead atoms. The predicted octanol–water partition coefficient (Wildman–Crippen LogP) is 2.42. The van der Waals surface area contributed by atoms with E-state index in [1.165, 1.54) is 11.9 Å². The van der Waals surface area contributed by atoms with Crippen LogP contribution in [0.4, 0.5) is 10.6 Å². The van der Waals surface area contributed by atoms with Crippen LogP contribution >= 0.6 is 0 Å². The summed E-state index contributed by atoms with van der Waals surface area (Å²) in [5.41, 5.74) is 2.12. The summed E-state index contributed by atoms with van der Waals surface area (Å²) in [7, 11) is 0. The molecule has 1 unspecified atom stereocenters. The predicted molar refractivity (Wildman–Crippen MR) is 119 cm³/mol. The van der Waals surface area contributed by atoms with Crippen LogP contribution in [0.25, 0.3) is 5.70 Å². The van der Waals surface area contributed by atoms with Crippen molar-refractivity contribution >= 4 is 17.6 Å². The standard InChI is InChI=1S/C22H26N8O3/c1-15(2)32-22(31)28-8-6-18(7-9-28)33-21-12-20(23-13-24-21)29-10-5-16-11-17(3-4-19(16)29)30-14-25-26-27-30/h3,5,10-15,18-19H,4,6-9H2,1-2H3. The molecule has 0 radical (unpaired) electrons. The molecule has 1 aliphatic carbocycles. The summed E-state index contributed by atoms with van der Waals surface area (Å²) in [6.07, 6.45) is 13.3. The number of nitrogens with zero attached hydrogens (tertiary/aromatic N) is 8. The first kappa shape index (κ1) is 21.1. The van der Waals surface area contributed by atoms with Crippen molar-refractivity contribution in [1.82, 2.24) is 35.1 Å². The van der Waals surface area contributed by atoms with Gasteiger partial charge in [-0.2, -0.15) is 0 Å². The normalized spacial score (nSPS) is 20.5. The molecule has 0 saturated carbocycles. The van der Waals surface area contributed by atoms with Gasteiger partial charge in [-0.3, -0.25) is 0 Å². The van der Waals surface area contributed by atoms with Crippen LogP contribution in [0.2, 0.25) is 0 Å². The number of piperidine rings is 1. The molecule has 1 fully saturated rings. The molecule has 1 atom stereocenters. The van der Waals surface area contributed by atoms with Crippen LogP contribution in [0.15, 0.2) is 48.7 Å². The zero-order valence-electron chi connectivity index (χ0n) is 18.6. The maximum atomic E-state index is 12.1. The Morgan fingerprint density at radius 2 is 2.06 bits per heavy atom. The van der Waals surface area contributed by atoms with E-state index in [4.69, 9.17) is 9.47 Å². The quantitative estimate of drug-likeness (QED) is 0.678. The van der Waals surface area contributed by atoms with Crippen molar-refractivity contribution in [3.8, 4) is 5.88 Å². The number of carbonyl (C=O) groups is 1. The van der Waals surface area contributed by atoms with Crippen LogP contribution in [0.5, 0.6) is 5.88 Å². The largest absolute Gasteiger partial charge is 0.474 e. The minimum atomic E-state index is -0.262. The number of carbonyl (C=O) groups excluding carboxylic acids is 1. The van der Waals surface area contributed by atoms with Gasteiger partial charge in [0.2, 0.25) is 5.88 Å². The second-order valence-electron chi connectivity index (χ2n) is 8.45. The summed E-state index contributed by atoms with van der Waals surface area (Å²) in [5, 5.41) is 11.4. The number of allylic oxidation sites excluding steroid dienone is 2. The minimum Gasteiger partial charge on any atom is -0.474 e. The van der Waals surface area contributed by atoms with Gasteiger partial charge in [-0.25, -0.2) is 19.4 Å². The summed E-state index contributed by atoms with van der Waals surface area (Å²) >= 11 is 0. The van der Waals surface area contributed by atoms with Gasteiger partial charge >= 0.3 is 6.09 Å². The number of ether oxygens (including phenoxy) is 2. The van der Waals surface area contributed by atoms with Gasteiger partial charge in [-0.05, 0) is 48.4 Å². The lowest BCUT2D eigenvalue weighted by Crippen LogP contribution is -2.42. The van der Waals surface area contributed by atoms with E-state index in [-0.39, 0.29) is 24.3 Å². The Kier molecular flexibility index (Phi) is 5.76. The van der Waals surface area contributed by atoms with Crippen molar-refractivity contribution in [2.24, 2.45) is 0 Å². The zero-order chi connectivity index (χ0) is 22.8. The van der Waals surface area contributed by atoms with E-state index in [1.54, 1.807) is 15.9 Å². The summed E-state index contributed by atoms with van der Waals surface area (Å²) in [5.74, 6) is 1.32. The maximum absolute atomic E-state index is 12.1. The van der Waals surface area contributed by atoms with E-state index in [9.17, 15) is 4.79 Å². The monoisotopic (exact) mass is 450 g/mol. The summed E-state index contributed by atoms with van der Waals surface area (Å²) < 4.78 is 13.1. The molecule has 172 valence electrons. The molecular formula is C22H26N8O3. The average Bonchev–Trinajstić information content (AvgIpc) is 3.49. The van der Waals surface area contributed by atoms with Gasteiger partial charge in [-0.15, -0.1) is 5.10 Å². The second kappa shape index (κ2) is 9.00. The van der Waals surface area contributed by atoms with E-state index >= 15 is 0 Å². The molecule has 33 heavy (non-hydrogen) atoms. The number of anilines is 1. The summed E-state index contributed by atoms with van der Waals surface area (Å²) in [6.45, 7) is 4.92. The van der Waals surface area contributed by atoms with E-state index < -0.39 is 0 Å². The third kappa shape index (κ3) is 4.57. The fourth-order valence-electron chi connectivity index (χ4n) is 4.21. The number of fused-ring (bicyclic) bond motifs is 1. The van der Waals surface area contributed by atoms with Crippen molar-refractivity contribution in [2.45, 2.75) is 51.4 Å². The highest BCUT2D eigenvalue weighted by molar-refractivity contribution is 5.68. The molecule has 1 amide bonds. The second-order valence-corrected chi connectivity index (χ2v) is 8.45. The molecular weight excluding hydrogens is 424 g/mol. The van der Waals surface area contributed by atoms with Crippen LogP contribution in [0, 0.1) is 0 Å². The van der Waals surface area contributed by atoms with Crippen LogP contribution < -0.4 is 9.64 Å². The lowest BCUT2D eigenvalue weighted by atomic mass is 9.98. The average molecular weight is 451 g/mol. The molecule has 2 aromatic heterocycles. The molecule has 5 rings (SSSR count). The molecule has 0 N–H and O–H groups in total. The number of tetrazole rings is 1. The highest BCUT2D eigenvalue weighted by atomic mass is 16.6. The number of hydrogen-bond donors (Lipinski definition) is 0. The topological polar surface area (TPSA) is 111 Å².